The fourth-order valence-corrected chi connectivity index (χ4v) is 6.29. The number of aliphatic hydroxyl groups is 1. The molecular formula is C36H33F2N3O8. The highest BCUT2D eigenvalue weighted by Gasteiger charge is 2.49. The summed E-state index contributed by atoms with van der Waals surface area (Å²) in [5, 5.41) is 13.7. The number of nitrogens with zero attached hydrogens (tertiary/aromatic N) is 2. The molecule has 4 atom stereocenters. The largest absolute Gasteiger partial charge is 0.586 e. The molecule has 3 aromatic carbocycles. The fourth-order valence-electron chi connectivity index (χ4n) is 6.29. The number of likely N-dealkylation sites (N-methyl/N-ethyl adjacent to an activating group) is 1. The number of alkyl halides is 2. The van der Waals surface area contributed by atoms with Crippen LogP contribution in [0, 0.1) is 0 Å². The molecule has 2 amide bonds. The van der Waals surface area contributed by atoms with Gasteiger partial charge in [-0.15, -0.1) is 8.78 Å². The van der Waals surface area contributed by atoms with E-state index in [2.05, 4.69) is 19.8 Å². The maximum Gasteiger partial charge on any atom is 0.586 e. The van der Waals surface area contributed by atoms with Crippen molar-refractivity contribution in [1.29, 1.82) is 0 Å². The molecule has 254 valence electrons. The number of aromatic nitrogens is 1. The molecule has 1 aromatic heterocycles. The Bertz CT molecular complexity index is 1910. The van der Waals surface area contributed by atoms with Gasteiger partial charge in [0.25, 0.3) is 5.91 Å². The van der Waals surface area contributed by atoms with Crippen LogP contribution in [0.4, 0.5) is 8.78 Å². The molecule has 0 saturated heterocycles. The summed E-state index contributed by atoms with van der Waals surface area (Å²) in [7, 11) is 3.15. The Morgan fingerprint density at radius 2 is 1.80 bits per heavy atom. The van der Waals surface area contributed by atoms with Gasteiger partial charge in [-0.25, -0.2) is 0 Å². The van der Waals surface area contributed by atoms with Crippen LogP contribution in [0.2, 0.25) is 0 Å². The summed E-state index contributed by atoms with van der Waals surface area (Å²) in [6, 6.07) is 19.9. The highest BCUT2D eigenvalue weighted by Crippen LogP contribution is 2.50. The molecule has 4 aromatic rings. The molecule has 4 heterocycles. The number of ether oxygens (including phenoxy) is 5. The van der Waals surface area contributed by atoms with Gasteiger partial charge in [0.2, 0.25) is 5.91 Å². The Morgan fingerprint density at radius 3 is 2.51 bits per heavy atom. The molecule has 49 heavy (non-hydrogen) atoms. The SMILES string of the molecule is COc1ccc2c(c1)O[C@@H](c1ccc(C(=O)N(C)CC(O)c3ccccc3)cn1)C[C@H]2NC(=O)[C@@]1(C)COc2cc3c(cc21)OC(F)(F)O3. The summed E-state index contributed by atoms with van der Waals surface area (Å²) < 4.78 is 54.2. The zero-order valence-electron chi connectivity index (χ0n) is 26.8. The third-order valence-electron chi connectivity index (χ3n) is 9.08. The minimum atomic E-state index is -3.81. The second-order valence-electron chi connectivity index (χ2n) is 12.4. The van der Waals surface area contributed by atoms with E-state index < -0.39 is 30.0 Å². The number of halogens is 2. The first kappa shape index (κ1) is 32.1. The number of pyridine rings is 1. The van der Waals surface area contributed by atoms with E-state index in [-0.39, 0.29) is 42.2 Å². The summed E-state index contributed by atoms with van der Waals surface area (Å²) in [5.41, 5.74) is 1.45. The Labute approximate surface area is 280 Å². The lowest BCUT2D eigenvalue weighted by atomic mass is 9.82. The van der Waals surface area contributed by atoms with Crippen molar-refractivity contribution in [2.24, 2.45) is 0 Å². The molecule has 0 spiro atoms. The molecule has 3 aliphatic heterocycles. The normalized spacial score (nSPS) is 21.8. The van der Waals surface area contributed by atoms with Gasteiger partial charge in [-0.1, -0.05) is 30.3 Å². The number of carbonyl (C=O) groups is 2. The van der Waals surface area contributed by atoms with Gasteiger partial charge in [-0.2, -0.15) is 0 Å². The zero-order chi connectivity index (χ0) is 34.5. The minimum absolute atomic E-state index is 0.0244. The number of nitrogens with one attached hydrogen (secondary N) is 1. The predicted molar refractivity (Wildman–Crippen MR) is 170 cm³/mol. The van der Waals surface area contributed by atoms with Crippen molar-refractivity contribution in [2.45, 2.75) is 43.3 Å². The first-order chi connectivity index (χ1) is 23.4. The Balaban J connectivity index is 1.10. The first-order valence-electron chi connectivity index (χ1n) is 15.6. The average molecular weight is 674 g/mol. The van der Waals surface area contributed by atoms with E-state index in [9.17, 15) is 23.5 Å². The molecule has 0 aliphatic carbocycles. The number of hydrogen-bond acceptors (Lipinski definition) is 9. The lowest BCUT2D eigenvalue weighted by Gasteiger charge is -2.34. The summed E-state index contributed by atoms with van der Waals surface area (Å²) >= 11 is 0. The van der Waals surface area contributed by atoms with Crippen molar-refractivity contribution in [1.82, 2.24) is 15.2 Å². The standard InChI is InChI=1S/C36H33F2N3O8/c1-35(19-46-29-16-32-31(14-24(29)35)48-36(37,38)49-32)34(44)40-26-15-30(47-28-13-22(45-3)10-11-23(26)28)25-12-9-21(17-39-25)33(43)41(2)18-27(42)20-7-5-4-6-8-20/h4-14,16-17,26-27,30,42H,15,18-19H2,1-3H3,(H,40,44)/t26-,27?,30-,35+/m1/s1. The monoisotopic (exact) mass is 673 g/mol. The quantitative estimate of drug-likeness (QED) is 0.258. The Kier molecular flexibility index (Phi) is 8.02. The second-order valence-corrected chi connectivity index (χ2v) is 12.4. The number of hydrogen-bond donors (Lipinski definition) is 2. The zero-order valence-corrected chi connectivity index (χ0v) is 26.8. The molecule has 7 rings (SSSR count). The van der Waals surface area contributed by atoms with Crippen LogP contribution in [0.15, 0.2) is 79.0 Å². The van der Waals surface area contributed by atoms with E-state index in [1.165, 1.54) is 30.3 Å². The number of aliphatic hydroxyl groups excluding tert-OH is 1. The summed E-state index contributed by atoms with van der Waals surface area (Å²) in [6.07, 6.45) is -3.50. The van der Waals surface area contributed by atoms with Gasteiger partial charge < -0.3 is 39.0 Å². The van der Waals surface area contributed by atoms with Gasteiger partial charge in [0.05, 0.1) is 37.1 Å². The van der Waals surface area contributed by atoms with Crippen LogP contribution >= 0.6 is 0 Å². The molecule has 13 heteroatoms. The Hall–Kier alpha value is -5.43. The van der Waals surface area contributed by atoms with E-state index in [4.69, 9.17) is 14.2 Å². The van der Waals surface area contributed by atoms with Crippen molar-refractivity contribution in [2.75, 3.05) is 27.3 Å². The summed E-state index contributed by atoms with van der Waals surface area (Å²) in [4.78, 5) is 33.2. The van der Waals surface area contributed by atoms with E-state index in [0.29, 0.717) is 45.9 Å². The highest BCUT2D eigenvalue weighted by atomic mass is 19.3. The third kappa shape index (κ3) is 6.06. The van der Waals surface area contributed by atoms with Gasteiger partial charge in [-0.3, -0.25) is 14.6 Å². The van der Waals surface area contributed by atoms with Gasteiger partial charge in [0.15, 0.2) is 11.5 Å². The third-order valence-corrected chi connectivity index (χ3v) is 9.08. The molecule has 0 radical (unpaired) electrons. The van der Waals surface area contributed by atoms with Crippen LogP contribution in [0.5, 0.6) is 28.7 Å². The van der Waals surface area contributed by atoms with Gasteiger partial charge in [0.1, 0.15) is 35.4 Å². The second kappa shape index (κ2) is 12.2. The molecule has 0 saturated carbocycles. The maximum absolute atomic E-state index is 14.0. The number of benzene rings is 3. The van der Waals surface area contributed by atoms with Crippen molar-refractivity contribution in [3.05, 3.63) is 107 Å². The molecule has 11 nitrogen and oxygen atoms in total. The molecule has 0 fully saturated rings. The minimum Gasteiger partial charge on any atom is -0.497 e. The number of amides is 2. The lowest BCUT2D eigenvalue weighted by molar-refractivity contribution is -0.286. The van der Waals surface area contributed by atoms with Crippen molar-refractivity contribution in [3.63, 3.8) is 0 Å². The molecular weight excluding hydrogens is 640 g/mol. The van der Waals surface area contributed by atoms with E-state index in [0.717, 1.165) is 0 Å². The highest BCUT2D eigenvalue weighted by molar-refractivity contribution is 5.93. The lowest BCUT2D eigenvalue weighted by Crippen LogP contribution is -2.46. The van der Waals surface area contributed by atoms with Gasteiger partial charge >= 0.3 is 6.29 Å². The number of carbonyl (C=O) groups excluding carboxylic acids is 2. The van der Waals surface area contributed by atoms with Crippen LogP contribution in [0.3, 0.4) is 0 Å². The first-order valence-corrected chi connectivity index (χ1v) is 15.6. The maximum atomic E-state index is 14.0. The fraction of sp³-hybridized carbons (Fsp3) is 0.306. The van der Waals surface area contributed by atoms with Crippen molar-refractivity contribution < 1.29 is 47.2 Å². The molecule has 1 unspecified atom stereocenters. The van der Waals surface area contributed by atoms with Crippen LogP contribution in [-0.2, 0) is 10.2 Å². The molecule has 2 N–H and O–H groups in total. The smallest absolute Gasteiger partial charge is 0.497 e. The average Bonchev–Trinajstić information content (AvgIpc) is 3.60. The summed E-state index contributed by atoms with van der Waals surface area (Å²) in [5.74, 6) is 0.250. The van der Waals surface area contributed by atoms with Crippen LogP contribution in [-0.4, -0.2) is 60.4 Å². The Morgan fingerprint density at radius 1 is 1.04 bits per heavy atom. The van der Waals surface area contributed by atoms with Crippen molar-refractivity contribution >= 4 is 11.8 Å². The topological polar surface area (TPSA) is 129 Å². The number of fused-ring (bicyclic) bond motifs is 3. The van der Waals surface area contributed by atoms with Crippen molar-refractivity contribution in [3.8, 4) is 28.7 Å². The van der Waals surface area contributed by atoms with E-state index in [1.807, 2.05) is 24.3 Å². The van der Waals surface area contributed by atoms with Crippen LogP contribution in [0.25, 0.3) is 0 Å². The van der Waals surface area contributed by atoms with E-state index >= 15 is 0 Å². The van der Waals surface area contributed by atoms with Crippen LogP contribution in [0.1, 0.15) is 64.3 Å². The molecule has 0 bridgehead atoms. The number of rotatable bonds is 8. The summed E-state index contributed by atoms with van der Waals surface area (Å²) in [6.45, 7) is 1.75. The van der Waals surface area contributed by atoms with E-state index in [1.54, 1.807) is 50.4 Å². The molecule has 3 aliphatic rings. The van der Waals surface area contributed by atoms with Gasteiger partial charge in [0, 0.05) is 42.9 Å². The predicted octanol–water partition coefficient (Wildman–Crippen LogP) is 5.25. The number of methoxy groups -OCH3 is 1. The van der Waals surface area contributed by atoms with Crippen LogP contribution < -0.4 is 29.0 Å². The van der Waals surface area contributed by atoms with Gasteiger partial charge in [-0.05, 0) is 42.8 Å².